The minimum Gasteiger partial charge on any atom is -0.454 e. The van der Waals surface area contributed by atoms with Crippen LogP contribution in [0.2, 0.25) is 0 Å². The fraction of sp³-hybridized carbons (Fsp3) is 0.182. The van der Waals surface area contributed by atoms with Crippen molar-refractivity contribution in [3.8, 4) is 22.6 Å². The van der Waals surface area contributed by atoms with E-state index in [2.05, 4.69) is 58.0 Å². The molecule has 4 N–H and O–H groups in total. The maximum Gasteiger partial charge on any atom is 0.150 e. The molecule has 0 saturated heterocycles. The number of benzene rings is 3. The lowest BCUT2D eigenvalue weighted by molar-refractivity contribution is 0.483. The minimum atomic E-state index is 0.534. The maximum atomic E-state index is 6.23. The van der Waals surface area contributed by atoms with E-state index in [1.807, 2.05) is 6.07 Å². The number of rotatable bonds is 3. The lowest BCUT2D eigenvalue weighted by Gasteiger charge is -2.17. The Balaban J connectivity index is 2.16. The Kier molecular flexibility index (Phi) is 4.41. The quantitative estimate of drug-likeness (QED) is 0.619. The van der Waals surface area contributed by atoms with Crippen molar-refractivity contribution in [3.05, 3.63) is 70.8 Å². The molecule has 0 saturated carbocycles. The van der Waals surface area contributed by atoms with Gasteiger partial charge in [-0.3, -0.25) is 0 Å². The fourth-order valence-electron chi connectivity index (χ4n) is 3.20. The molecule has 0 radical (unpaired) electrons. The van der Waals surface area contributed by atoms with E-state index in [1.165, 1.54) is 16.7 Å². The molecule has 3 heteroatoms. The summed E-state index contributed by atoms with van der Waals surface area (Å²) in [7, 11) is 0. The van der Waals surface area contributed by atoms with Gasteiger partial charge in [0.1, 0.15) is 11.5 Å². The summed E-state index contributed by atoms with van der Waals surface area (Å²) in [6.07, 6.45) is 0. The molecule has 0 aliphatic heterocycles. The Morgan fingerprint density at radius 3 is 2.00 bits per heavy atom. The smallest absolute Gasteiger partial charge is 0.150 e. The summed E-state index contributed by atoms with van der Waals surface area (Å²) in [6.45, 7) is 8.37. The van der Waals surface area contributed by atoms with E-state index in [0.717, 1.165) is 22.4 Å². The normalized spacial score (nSPS) is 10.7. The van der Waals surface area contributed by atoms with Gasteiger partial charge in [-0.1, -0.05) is 35.4 Å². The van der Waals surface area contributed by atoms with E-state index < -0.39 is 0 Å². The first-order valence-electron chi connectivity index (χ1n) is 8.36. The first-order valence-corrected chi connectivity index (χ1v) is 8.36. The van der Waals surface area contributed by atoms with E-state index >= 15 is 0 Å². The minimum absolute atomic E-state index is 0.534. The lowest BCUT2D eigenvalue weighted by Crippen LogP contribution is -1.98. The molecule has 0 bridgehead atoms. The highest BCUT2D eigenvalue weighted by Crippen LogP contribution is 2.39. The van der Waals surface area contributed by atoms with Crippen molar-refractivity contribution in [2.24, 2.45) is 0 Å². The van der Waals surface area contributed by atoms with Gasteiger partial charge in [0.05, 0.1) is 5.69 Å². The van der Waals surface area contributed by atoms with Crippen LogP contribution < -0.4 is 16.2 Å². The number of nitrogens with two attached hydrogens (primary N) is 2. The zero-order valence-electron chi connectivity index (χ0n) is 15.2. The van der Waals surface area contributed by atoms with Gasteiger partial charge < -0.3 is 16.2 Å². The van der Waals surface area contributed by atoms with Gasteiger partial charge in [0.15, 0.2) is 0 Å². The van der Waals surface area contributed by atoms with Crippen molar-refractivity contribution in [2.45, 2.75) is 27.7 Å². The number of hydrogen-bond acceptors (Lipinski definition) is 3. The number of anilines is 2. The first-order chi connectivity index (χ1) is 11.8. The molecule has 0 aromatic heterocycles. The van der Waals surface area contributed by atoms with Crippen LogP contribution in [0.3, 0.4) is 0 Å². The summed E-state index contributed by atoms with van der Waals surface area (Å²) in [5, 5.41) is 0. The molecule has 3 aromatic rings. The van der Waals surface area contributed by atoms with Crippen LogP contribution in [0, 0.1) is 27.7 Å². The average Bonchev–Trinajstić information content (AvgIpc) is 2.50. The van der Waals surface area contributed by atoms with Crippen molar-refractivity contribution in [2.75, 3.05) is 11.5 Å². The SMILES string of the molecule is Cc1cc(C)cc(-c2cc(C)cc(C)c2Oc2ccc(N)cc2N)c1. The van der Waals surface area contributed by atoms with Crippen molar-refractivity contribution in [1.29, 1.82) is 0 Å². The van der Waals surface area contributed by atoms with Gasteiger partial charge >= 0.3 is 0 Å². The molecule has 0 amide bonds. The van der Waals surface area contributed by atoms with Crippen molar-refractivity contribution in [1.82, 2.24) is 0 Å². The van der Waals surface area contributed by atoms with E-state index in [-0.39, 0.29) is 0 Å². The van der Waals surface area contributed by atoms with Gasteiger partial charge in [-0.05, 0) is 68.7 Å². The van der Waals surface area contributed by atoms with Crippen molar-refractivity contribution in [3.63, 3.8) is 0 Å². The van der Waals surface area contributed by atoms with Gasteiger partial charge in [-0.15, -0.1) is 0 Å². The Morgan fingerprint density at radius 1 is 0.720 bits per heavy atom. The Labute approximate surface area is 149 Å². The second kappa shape index (κ2) is 6.52. The molecule has 0 spiro atoms. The number of hydrogen-bond donors (Lipinski definition) is 2. The zero-order chi connectivity index (χ0) is 18.1. The zero-order valence-corrected chi connectivity index (χ0v) is 15.2. The highest BCUT2D eigenvalue weighted by Gasteiger charge is 2.14. The molecule has 0 aliphatic rings. The van der Waals surface area contributed by atoms with E-state index in [9.17, 15) is 0 Å². The Hall–Kier alpha value is -2.94. The van der Waals surface area contributed by atoms with Gasteiger partial charge in [0, 0.05) is 11.3 Å². The molecule has 0 fully saturated rings. The molecule has 128 valence electrons. The molecule has 3 nitrogen and oxygen atoms in total. The highest BCUT2D eigenvalue weighted by atomic mass is 16.5. The first kappa shape index (κ1) is 16.9. The third-order valence-electron chi connectivity index (χ3n) is 4.20. The topological polar surface area (TPSA) is 61.3 Å². The van der Waals surface area contributed by atoms with Gasteiger partial charge in [-0.2, -0.15) is 0 Å². The molecule has 0 atom stereocenters. The summed E-state index contributed by atoms with van der Waals surface area (Å²) in [5.41, 5.74) is 20.0. The van der Waals surface area contributed by atoms with E-state index in [1.54, 1.807) is 12.1 Å². The van der Waals surface area contributed by atoms with Crippen molar-refractivity contribution < 1.29 is 4.74 Å². The largest absolute Gasteiger partial charge is 0.454 e. The Morgan fingerprint density at radius 2 is 1.36 bits per heavy atom. The molecule has 3 rings (SSSR count). The van der Waals surface area contributed by atoms with Crippen LogP contribution in [0.4, 0.5) is 11.4 Å². The lowest BCUT2D eigenvalue weighted by atomic mass is 9.96. The third kappa shape index (κ3) is 3.61. The summed E-state index contributed by atoms with van der Waals surface area (Å²) in [4.78, 5) is 0. The molecule has 0 aliphatic carbocycles. The van der Waals surface area contributed by atoms with Gasteiger partial charge in [0.2, 0.25) is 0 Å². The van der Waals surface area contributed by atoms with Crippen molar-refractivity contribution >= 4 is 11.4 Å². The van der Waals surface area contributed by atoms with Gasteiger partial charge in [-0.25, -0.2) is 0 Å². The van der Waals surface area contributed by atoms with Crippen LogP contribution in [0.15, 0.2) is 48.5 Å². The number of nitrogen functional groups attached to an aromatic ring is 2. The summed E-state index contributed by atoms with van der Waals surface area (Å²) >= 11 is 0. The highest BCUT2D eigenvalue weighted by molar-refractivity contribution is 5.75. The Bertz CT molecular complexity index is 925. The van der Waals surface area contributed by atoms with E-state index in [0.29, 0.717) is 17.1 Å². The molecule has 0 unspecified atom stereocenters. The monoisotopic (exact) mass is 332 g/mol. The van der Waals surface area contributed by atoms with Crippen LogP contribution in [0.5, 0.6) is 11.5 Å². The van der Waals surface area contributed by atoms with Gasteiger partial charge in [0.25, 0.3) is 0 Å². The van der Waals surface area contributed by atoms with Crippen LogP contribution in [-0.2, 0) is 0 Å². The standard InChI is InChI=1S/C22H24N2O/c1-13-7-14(2)10-17(9-13)19-11-15(3)8-16(4)22(19)25-21-6-5-18(23)12-20(21)24/h5-12H,23-24H2,1-4H3. The van der Waals surface area contributed by atoms with Crippen LogP contribution in [-0.4, -0.2) is 0 Å². The predicted octanol–water partition coefficient (Wildman–Crippen LogP) is 5.54. The van der Waals surface area contributed by atoms with Crippen LogP contribution in [0.25, 0.3) is 11.1 Å². The molecule has 0 heterocycles. The second-order valence-electron chi connectivity index (χ2n) is 6.73. The van der Waals surface area contributed by atoms with Crippen LogP contribution >= 0.6 is 0 Å². The number of aryl methyl sites for hydroxylation is 4. The molecular formula is C22H24N2O. The van der Waals surface area contributed by atoms with E-state index in [4.69, 9.17) is 16.2 Å². The average molecular weight is 332 g/mol. The molecular weight excluding hydrogens is 308 g/mol. The summed E-state index contributed by atoms with van der Waals surface area (Å²) in [5.74, 6) is 1.44. The number of ether oxygens (including phenoxy) is 1. The third-order valence-corrected chi connectivity index (χ3v) is 4.20. The van der Waals surface area contributed by atoms with Crippen LogP contribution in [0.1, 0.15) is 22.3 Å². The molecule has 25 heavy (non-hydrogen) atoms. The summed E-state index contributed by atoms with van der Waals surface area (Å²) < 4.78 is 6.23. The molecule has 3 aromatic carbocycles. The second-order valence-corrected chi connectivity index (χ2v) is 6.73. The fourth-order valence-corrected chi connectivity index (χ4v) is 3.20. The summed E-state index contributed by atoms with van der Waals surface area (Å²) in [6, 6.07) is 16.1. The maximum absolute atomic E-state index is 6.23. The predicted molar refractivity (Wildman–Crippen MR) is 106 cm³/mol.